The Morgan fingerprint density at radius 1 is 1.22 bits per heavy atom. The molecule has 0 saturated carbocycles. The number of benzene rings is 1. The van der Waals surface area contributed by atoms with Crippen LogP contribution >= 0.6 is 11.6 Å². The molecule has 0 aliphatic rings. The lowest BCUT2D eigenvalue weighted by atomic mass is 10.1. The van der Waals surface area contributed by atoms with Gasteiger partial charge < -0.3 is 20.2 Å². The molecule has 0 radical (unpaired) electrons. The number of hydrogen-bond donors (Lipinski definition) is 2. The zero-order valence-corrected chi connectivity index (χ0v) is 20.2. The highest BCUT2D eigenvalue weighted by atomic mass is 35.5. The van der Waals surface area contributed by atoms with E-state index >= 15 is 0 Å². The number of aromatic nitrogens is 3. The molecular formula is C24H21ClF3N5O3. The third-order valence-electron chi connectivity index (χ3n) is 5.49. The zero-order chi connectivity index (χ0) is 26.2. The highest BCUT2D eigenvalue weighted by Crippen LogP contribution is 2.37. The minimum absolute atomic E-state index is 0.000198. The van der Waals surface area contributed by atoms with Crippen molar-refractivity contribution in [1.29, 1.82) is 0 Å². The van der Waals surface area contributed by atoms with Crippen molar-refractivity contribution in [3.63, 3.8) is 0 Å². The predicted molar refractivity (Wildman–Crippen MR) is 127 cm³/mol. The maximum atomic E-state index is 13.2. The summed E-state index contributed by atoms with van der Waals surface area (Å²) in [6, 6.07) is 4.43. The summed E-state index contributed by atoms with van der Waals surface area (Å²) in [5, 5.41) is 3.45. The molecule has 4 aromatic rings. The van der Waals surface area contributed by atoms with E-state index in [9.17, 15) is 18.0 Å². The van der Waals surface area contributed by atoms with Crippen LogP contribution in [-0.2, 0) is 12.7 Å². The maximum absolute atomic E-state index is 13.2. The number of carbonyl (C=O) groups excluding carboxylic acids is 1. The Morgan fingerprint density at radius 3 is 2.61 bits per heavy atom. The van der Waals surface area contributed by atoms with E-state index in [-0.39, 0.29) is 35.2 Å². The van der Waals surface area contributed by atoms with Crippen molar-refractivity contribution in [1.82, 2.24) is 20.3 Å². The normalized spacial score (nSPS) is 12.6. The molecule has 4 rings (SSSR count). The number of amides is 1. The Kier molecular flexibility index (Phi) is 6.87. The van der Waals surface area contributed by atoms with Gasteiger partial charge in [-0.1, -0.05) is 11.6 Å². The number of alkyl halides is 3. The number of rotatable bonds is 6. The van der Waals surface area contributed by atoms with Crippen molar-refractivity contribution in [2.24, 2.45) is 5.73 Å². The molecule has 3 heterocycles. The first kappa shape index (κ1) is 25.4. The number of methoxy groups -OCH3 is 1. The van der Waals surface area contributed by atoms with Crippen molar-refractivity contribution < 1.29 is 27.1 Å². The number of hydrogen-bond acceptors (Lipinski definition) is 7. The molecule has 0 bridgehead atoms. The van der Waals surface area contributed by atoms with Crippen molar-refractivity contribution in [3.05, 3.63) is 70.0 Å². The van der Waals surface area contributed by atoms with E-state index in [1.807, 2.05) is 6.92 Å². The summed E-state index contributed by atoms with van der Waals surface area (Å²) in [6.45, 7) is 3.55. The maximum Gasteiger partial charge on any atom is 0.433 e. The standard InChI is InChI=1S/C24H21ClF3N5O3/c1-11-8-30-10-16(25)15(11)9-31-22(34)20-21(12(2)29)36-23(33-20)14-4-6-17(35-3)19-13(14)5-7-18(32-19)24(26,27)28/h4-8,10,12H,9,29H2,1-3H3,(H,31,34)/t12-/m0/s1. The van der Waals surface area contributed by atoms with Crippen molar-refractivity contribution in [2.45, 2.75) is 32.6 Å². The summed E-state index contributed by atoms with van der Waals surface area (Å²) >= 11 is 6.19. The lowest BCUT2D eigenvalue weighted by Crippen LogP contribution is -2.25. The molecule has 0 spiro atoms. The molecule has 1 aromatic carbocycles. The first-order valence-corrected chi connectivity index (χ1v) is 11.1. The number of aryl methyl sites for hydroxylation is 1. The molecule has 0 unspecified atom stereocenters. The van der Waals surface area contributed by atoms with Crippen LogP contribution in [0.5, 0.6) is 5.75 Å². The third-order valence-corrected chi connectivity index (χ3v) is 5.81. The number of halogens is 4. The number of nitrogens with one attached hydrogen (secondary N) is 1. The van der Waals surface area contributed by atoms with Gasteiger partial charge in [-0.05, 0) is 49.2 Å². The Balaban J connectivity index is 1.75. The number of carbonyl (C=O) groups is 1. The van der Waals surface area contributed by atoms with E-state index in [0.717, 1.165) is 11.6 Å². The summed E-state index contributed by atoms with van der Waals surface area (Å²) in [5.41, 5.74) is 6.69. The average molecular weight is 520 g/mol. The minimum Gasteiger partial charge on any atom is -0.494 e. The number of fused-ring (bicyclic) bond motifs is 1. The van der Waals surface area contributed by atoms with Gasteiger partial charge in [-0.15, -0.1) is 0 Å². The molecule has 0 aliphatic heterocycles. The molecule has 1 atom stereocenters. The number of pyridine rings is 2. The van der Waals surface area contributed by atoms with E-state index in [1.54, 1.807) is 19.2 Å². The van der Waals surface area contributed by atoms with Gasteiger partial charge in [0.25, 0.3) is 5.91 Å². The molecule has 3 aromatic heterocycles. The topological polar surface area (TPSA) is 116 Å². The Labute approximate surface area is 208 Å². The Morgan fingerprint density at radius 2 is 1.97 bits per heavy atom. The summed E-state index contributed by atoms with van der Waals surface area (Å²) in [5.74, 6) is -0.301. The van der Waals surface area contributed by atoms with Crippen LogP contribution in [0.2, 0.25) is 5.02 Å². The number of nitrogens with two attached hydrogens (primary N) is 1. The first-order valence-electron chi connectivity index (χ1n) is 10.7. The second-order valence-corrected chi connectivity index (χ2v) is 8.43. The van der Waals surface area contributed by atoms with Crippen molar-refractivity contribution in [2.75, 3.05) is 7.11 Å². The largest absolute Gasteiger partial charge is 0.494 e. The van der Waals surface area contributed by atoms with Crippen LogP contribution in [0.4, 0.5) is 13.2 Å². The quantitative estimate of drug-likeness (QED) is 0.358. The van der Waals surface area contributed by atoms with Gasteiger partial charge in [-0.3, -0.25) is 9.78 Å². The highest BCUT2D eigenvalue weighted by molar-refractivity contribution is 6.31. The first-order chi connectivity index (χ1) is 17.0. The van der Waals surface area contributed by atoms with Gasteiger partial charge in [0.05, 0.1) is 18.2 Å². The highest BCUT2D eigenvalue weighted by Gasteiger charge is 2.33. The van der Waals surface area contributed by atoms with Crippen LogP contribution in [0, 0.1) is 6.92 Å². The van der Waals surface area contributed by atoms with E-state index in [1.165, 1.54) is 25.4 Å². The molecule has 0 aliphatic carbocycles. The molecule has 12 heteroatoms. The van der Waals surface area contributed by atoms with Crippen LogP contribution in [0.25, 0.3) is 22.4 Å². The number of oxazole rings is 1. The van der Waals surface area contributed by atoms with Crippen LogP contribution in [-0.4, -0.2) is 28.0 Å². The van der Waals surface area contributed by atoms with Gasteiger partial charge >= 0.3 is 6.18 Å². The van der Waals surface area contributed by atoms with E-state index in [4.69, 9.17) is 26.5 Å². The molecule has 3 N–H and O–H groups in total. The fraction of sp³-hybridized carbons (Fsp3) is 0.250. The Hall–Kier alpha value is -3.70. The van der Waals surface area contributed by atoms with Crippen LogP contribution in [0.1, 0.15) is 46.0 Å². The van der Waals surface area contributed by atoms with E-state index in [2.05, 4.69) is 20.3 Å². The molecule has 36 heavy (non-hydrogen) atoms. The lowest BCUT2D eigenvalue weighted by molar-refractivity contribution is -0.140. The van der Waals surface area contributed by atoms with Gasteiger partial charge in [0, 0.05) is 29.9 Å². The van der Waals surface area contributed by atoms with Crippen LogP contribution < -0.4 is 15.8 Å². The van der Waals surface area contributed by atoms with Crippen molar-refractivity contribution in [3.8, 4) is 17.2 Å². The molecule has 0 fully saturated rings. The SMILES string of the molecule is COc1ccc(-c2nc(C(=O)NCc3c(C)cncc3Cl)c([C@H](C)N)o2)c2ccc(C(F)(F)F)nc12. The van der Waals surface area contributed by atoms with Crippen molar-refractivity contribution >= 4 is 28.4 Å². The van der Waals surface area contributed by atoms with Gasteiger partial charge in [0.15, 0.2) is 11.5 Å². The predicted octanol–water partition coefficient (Wildman–Crippen LogP) is 5.22. The van der Waals surface area contributed by atoms with Gasteiger partial charge in [0.1, 0.15) is 17.0 Å². The molecule has 1 amide bonds. The fourth-order valence-electron chi connectivity index (χ4n) is 3.65. The lowest BCUT2D eigenvalue weighted by Gasteiger charge is -2.11. The van der Waals surface area contributed by atoms with Crippen LogP contribution in [0.15, 0.2) is 41.1 Å². The average Bonchev–Trinajstić information content (AvgIpc) is 3.28. The number of ether oxygens (including phenoxy) is 1. The second kappa shape index (κ2) is 9.75. The smallest absolute Gasteiger partial charge is 0.433 e. The number of nitrogens with zero attached hydrogens (tertiary/aromatic N) is 3. The summed E-state index contributed by atoms with van der Waals surface area (Å²) in [6.07, 6.45) is -1.53. The second-order valence-electron chi connectivity index (χ2n) is 8.03. The molecular weight excluding hydrogens is 499 g/mol. The van der Waals surface area contributed by atoms with Crippen LogP contribution in [0.3, 0.4) is 0 Å². The molecule has 0 saturated heterocycles. The van der Waals surface area contributed by atoms with Gasteiger partial charge in [-0.2, -0.15) is 13.2 Å². The third kappa shape index (κ3) is 4.84. The van der Waals surface area contributed by atoms with E-state index in [0.29, 0.717) is 21.5 Å². The fourth-order valence-corrected chi connectivity index (χ4v) is 3.93. The van der Waals surface area contributed by atoms with Gasteiger partial charge in [-0.25, -0.2) is 9.97 Å². The zero-order valence-electron chi connectivity index (χ0n) is 19.4. The van der Waals surface area contributed by atoms with Gasteiger partial charge in [0.2, 0.25) is 5.89 Å². The minimum atomic E-state index is -4.64. The summed E-state index contributed by atoms with van der Waals surface area (Å²) in [4.78, 5) is 25.1. The monoisotopic (exact) mass is 519 g/mol. The summed E-state index contributed by atoms with van der Waals surface area (Å²) in [7, 11) is 1.33. The summed E-state index contributed by atoms with van der Waals surface area (Å²) < 4.78 is 50.8. The molecule has 188 valence electrons. The van der Waals surface area contributed by atoms with E-state index < -0.39 is 23.8 Å². The Bertz CT molecular complexity index is 1430. The molecule has 8 nitrogen and oxygen atoms in total.